The molecule has 1 saturated heterocycles. The lowest BCUT2D eigenvalue weighted by molar-refractivity contribution is 0.0694. The number of aryl methyl sites for hydroxylation is 1. The quantitative estimate of drug-likeness (QED) is 0.885. The highest BCUT2D eigenvalue weighted by atomic mass is 16.2. The Balaban J connectivity index is 1.81. The standard InChI is InChI=1S/C20H24N4O2/c1-14-3-2-4-17(20(26)24-11-7-15(13-21)8-12-24)18(14)23-19(25)16-5-9-22-10-6-16/h2-6,9-10,15H,7-8,11-13,21H2,1H3,(H,23,25). The second-order valence-electron chi connectivity index (χ2n) is 6.66. The molecule has 1 aromatic carbocycles. The summed E-state index contributed by atoms with van der Waals surface area (Å²) in [5.74, 6) is 0.189. The first-order valence-electron chi connectivity index (χ1n) is 8.90. The van der Waals surface area contributed by atoms with E-state index in [4.69, 9.17) is 5.73 Å². The van der Waals surface area contributed by atoms with E-state index in [-0.39, 0.29) is 11.8 Å². The average molecular weight is 352 g/mol. The number of carbonyl (C=O) groups excluding carboxylic acids is 2. The molecule has 2 heterocycles. The Labute approximate surface area is 153 Å². The predicted molar refractivity (Wildman–Crippen MR) is 101 cm³/mol. The first-order chi connectivity index (χ1) is 12.6. The Bertz CT molecular complexity index is 784. The molecule has 1 fully saturated rings. The molecule has 0 aliphatic carbocycles. The summed E-state index contributed by atoms with van der Waals surface area (Å²) >= 11 is 0. The molecule has 1 aliphatic heterocycles. The monoisotopic (exact) mass is 352 g/mol. The van der Waals surface area contributed by atoms with Gasteiger partial charge in [-0.05, 0) is 56.0 Å². The normalized spacial score (nSPS) is 14.9. The van der Waals surface area contributed by atoms with Crippen molar-refractivity contribution in [1.29, 1.82) is 0 Å². The number of pyridine rings is 1. The minimum Gasteiger partial charge on any atom is -0.339 e. The van der Waals surface area contributed by atoms with Crippen LogP contribution in [0.1, 0.15) is 39.1 Å². The summed E-state index contributed by atoms with van der Waals surface area (Å²) in [4.78, 5) is 31.3. The van der Waals surface area contributed by atoms with Gasteiger partial charge in [0.25, 0.3) is 11.8 Å². The molecule has 1 aromatic heterocycles. The third kappa shape index (κ3) is 3.91. The van der Waals surface area contributed by atoms with E-state index < -0.39 is 0 Å². The van der Waals surface area contributed by atoms with Gasteiger partial charge >= 0.3 is 0 Å². The second kappa shape index (κ2) is 8.10. The Morgan fingerprint density at radius 3 is 2.54 bits per heavy atom. The summed E-state index contributed by atoms with van der Waals surface area (Å²) in [5, 5.41) is 2.90. The number of hydrogen-bond acceptors (Lipinski definition) is 4. The van der Waals surface area contributed by atoms with E-state index in [0.717, 1.165) is 18.4 Å². The summed E-state index contributed by atoms with van der Waals surface area (Å²) in [6, 6.07) is 8.79. The van der Waals surface area contributed by atoms with E-state index in [1.807, 2.05) is 24.0 Å². The molecule has 0 spiro atoms. The summed E-state index contributed by atoms with van der Waals surface area (Å²) in [5.41, 5.74) is 8.19. The van der Waals surface area contributed by atoms with Gasteiger partial charge in [-0.25, -0.2) is 0 Å². The van der Waals surface area contributed by atoms with Crippen LogP contribution in [0.5, 0.6) is 0 Å². The first-order valence-corrected chi connectivity index (χ1v) is 8.90. The van der Waals surface area contributed by atoms with Crippen molar-refractivity contribution in [2.75, 3.05) is 25.0 Å². The Kier molecular flexibility index (Phi) is 5.63. The van der Waals surface area contributed by atoms with Gasteiger partial charge in [-0.15, -0.1) is 0 Å². The van der Waals surface area contributed by atoms with E-state index in [0.29, 0.717) is 42.4 Å². The first kappa shape index (κ1) is 18.1. The molecule has 0 unspecified atom stereocenters. The molecule has 26 heavy (non-hydrogen) atoms. The van der Waals surface area contributed by atoms with Crippen LogP contribution in [0.25, 0.3) is 0 Å². The fourth-order valence-electron chi connectivity index (χ4n) is 3.24. The minimum absolute atomic E-state index is 0.0470. The number of rotatable bonds is 4. The zero-order chi connectivity index (χ0) is 18.5. The van der Waals surface area contributed by atoms with Crippen molar-refractivity contribution in [2.45, 2.75) is 19.8 Å². The number of hydrogen-bond donors (Lipinski definition) is 2. The average Bonchev–Trinajstić information content (AvgIpc) is 2.69. The molecule has 0 atom stereocenters. The maximum absolute atomic E-state index is 13.0. The number of amides is 2. The Morgan fingerprint density at radius 2 is 1.88 bits per heavy atom. The summed E-state index contributed by atoms with van der Waals surface area (Å²) in [6.45, 7) is 3.96. The van der Waals surface area contributed by atoms with Gasteiger partial charge in [0.1, 0.15) is 0 Å². The molecule has 0 bridgehead atoms. The van der Waals surface area contributed by atoms with Crippen molar-refractivity contribution in [3.05, 3.63) is 59.4 Å². The number of piperidine rings is 1. The summed E-state index contributed by atoms with van der Waals surface area (Å²) in [7, 11) is 0. The molecule has 3 rings (SSSR count). The molecule has 6 nitrogen and oxygen atoms in total. The number of nitrogens with zero attached hydrogens (tertiary/aromatic N) is 2. The number of nitrogens with two attached hydrogens (primary N) is 1. The Morgan fingerprint density at radius 1 is 1.19 bits per heavy atom. The third-order valence-electron chi connectivity index (χ3n) is 4.92. The predicted octanol–water partition coefficient (Wildman–Crippen LogP) is 2.45. The number of carbonyl (C=O) groups is 2. The molecule has 0 radical (unpaired) electrons. The van der Waals surface area contributed by atoms with Crippen molar-refractivity contribution in [3.63, 3.8) is 0 Å². The van der Waals surface area contributed by atoms with Crippen LogP contribution >= 0.6 is 0 Å². The number of benzene rings is 1. The van der Waals surface area contributed by atoms with Crippen molar-refractivity contribution < 1.29 is 9.59 Å². The minimum atomic E-state index is -0.252. The van der Waals surface area contributed by atoms with Crippen molar-refractivity contribution in [2.24, 2.45) is 11.7 Å². The van der Waals surface area contributed by atoms with Crippen LogP contribution in [0.4, 0.5) is 5.69 Å². The largest absolute Gasteiger partial charge is 0.339 e. The van der Waals surface area contributed by atoms with Gasteiger partial charge in [-0.1, -0.05) is 12.1 Å². The van der Waals surface area contributed by atoms with Gasteiger partial charge < -0.3 is 16.0 Å². The van der Waals surface area contributed by atoms with E-state index in [1.54, 1.807) is 30.6 Å². The van der Waals surface area contributed by atoms with Crippen LogP contribution in [0.2, 0.25) is 0 Å². The lowest BCUT2D eigenvalue weighted by atomic mass is 9.96. The van der Waals surface area contributed by atoms with Crippen molar-refractivity contribution >= 4 is 17.5 Å². The number of likely N-dealkylation sites (tertiary alicyclic amines) is 1. The van der Waals surface area contributed by atoms with Crippen molar-refractivity contribution in [1.82, 2.24) is 9.88 Å². The molecule has 1 aliphatic rings. The summed E-state index contributed by atoms with van der Waals surface area (Å²) in [6.07, 6.45) is 4.99. The van der Waals surface area contributed by atoms with Crippen LogP contribution < -0.4 is 11.1 Å². The second-order valence-corrected chi connectivity index (χ2v) is 6.66. The van der Waals surface area contributed by atoms with Crippen molar-refractivity contribution in [3.8, 4) is 0 Å². The van der Waals surface area contributed by atoms with Gasteiger partial charge in [0.2, 0.25) is 0 Å². The maximum atomic E-state index is 13.0. The number of anilines is 1. The van der Waals surface area contributed by atoms with E-state index in [1.165, 1.54) is 0 Å². The third-order valence-corrected chi connectivity index (χ3v) is 4.92. The summed E-state index contributed by atoms with van der Waals surface area (Å²) < 4.78 is 0. The fraction of sp³-hybridized carbons (Fsp3) is 0.350. The SMILES string of the molecule is Cc1cccc(C(=O)N2CCC(CN)CC2)c1NC(=O)c1ccncc1. The number of aromatic nitrogens is 1. The lowest BCUT2D eigenvalue weighted by Crippen LogP contribution is -2.40. The molecule has 6 heteroatoms. The zero-order valence-corrected chi connectivity index (χ0v) is 14.9. The van der Waals surface area contributed by atoms with Crippen LogP contribution in [0.3, 0.4) is 0 Å². The van der Waals surface area contributed by atoms with Crippen LogP contribution in [-0.4, -0.2) is 41.3 Å². The smallest absolute Gasteiger partial charge is 0.255 e. The van der Waals surface area contributed by atoms with E-state index in [9.17, 15) is 9.59 Å². The molecular formula is C20H24N4O2. The highest BCUT2D eigenvalue weighted by molar-refractivity contribution is 6.09. The Hall–Kier alpha value is -2.73. The molecule has 2 amide bonds. The molecule has 3 N–H and O–H groups in total. The fourth-order valence-corrected chi connectivity index (χ4v) is 3.24. The van der Waals surface area contributed by atoms with Gasteiger partial charge in [0.05, 0.1) is 11.3 Å². The lowest BCUT2D eigenvalue weighted by Gasteiger charge is -2.32. The highest BCUT2D eigenvalue weighted by Gasteiger charge is 2.25. The van der Waals surface area contributed by atoms with Crippen LogP contribution in [0, 0.1) is 12.8 Å². The van der Waals surface area contributed by atoms with Gasteiger partial charge in [-0.3, -0.25) is 14.6 Å². The topological polar surface area (TPSA) is 88.3 Å². The van der Waals surface area contributed by atoms with Gasteiger partial charge in [-0.2, -0.15) is 0 Å². The van der Waals surface area contributed by atoms with Crippen LogP contribution in [0.15, 0.2) is 42.7 Å². The highest BCUT2D eigenvalue weighted by Crippen LogP contribution is 2.25. The maximum Gasteiger partial charge on any atom is 0.255 e. The molecule has 0 saturated carbocycles. The van der Waals surface area contributed by atoms with Gasteiger partial charge in [0, 0.05) is 31.0 Å². The van der Waals surface area contributed by atoms with Gasteiger partial charge in [0.15, 0.2) is 0 Å². The molecule has 136 valence electrons. The van der Waals surface area contributed by atoms with Crippen LogP contribution in [-0.2, 0) is 0 Å². The van der Waals surface area contributed by atoms with E-state index in [2.05, 4.69) is 10.3 Å². The zero-order valence-electron chi connectivity index (χ0n) is 14.9. The number of nitrogens with one attached hydrogen (secondary N) is 1. The molecule has 2 aromatic rings. The molecular weight excluding hydrogens is 328 g/mol. The number of para-hydroxylation sites is 1. The van der Waals surface area contributed by atoms with E-state index >= 15 is 0 Å².